The molecule has 0 aromatic carbocycles. The van der Waals surface area contributed by atoms with Crippen LogP contribution in [0.4, 0.5) is 0 Å². The molecule has 3 heterocycles. The van der Waals surface area contributed by atoms with Gasteiger partial charge in [0.15, 0.2) is 5.78 Å². The molecule has 0 atom stereocenters. The molecule has 0 aliphatic carbocycles. The number of carbonyl (C=O) groups excluding carboxylic acids is 1. The van der Waals surface area contributed by atoms with Crippen LogP contribution in [0.3, 0.4) is 0 Å². The third kappa shape index (κ3) is 4.33. The summed E-state index contributed by atoms with van der Waals surface area (Å²) in [7, 11) is 1.69. The SMILES string of the molecule is COCCCn1c(C)cc(C(=O)CSc2nnc(-c3ccoc3C)o2)c1C. The zero-order chi connectivity index (χ0) is 19.4. The van der Waals surface area contributed by atoms with Crippen molar-refractivity contribution in [2.75, 3.05) is 19.5 Å². The molecule has 8 heteroatoms. The lowest BCUT2D eigenvalue weighted by molar-refractivity contribution is 0.102. The van der Waals surface area contributed by atoms with E-state index in [2.05, 4.69) is 14.8 Å². The Kier molecular flexibility index (Phi) is 6.18. The number of rotatable bonds is 9. The lowest BCUT2D eigenvalue weighted by atomic mass is 10.2. The first-order chi connectivity index (χ1) is 13.0. The van der Waals surface area contributed by atoms with E-state index in [1.807, 2.05) is 26.8 Å². The fraction of sp³-hybridized carbons (Fsp3) is 0.421. The van der Waals surface area contributed by atoms with Crippen LogP contribution in [0.25, 0.3) is 11.5 Å². The van der Waals surface area contributed by atoms with Gasteiger partial charge in [-0.2, -0.15) is 0 Å². The van der Waals surface area contributed by atoms with Gasteiger partial charge >= 0.3 is 0 Å². The van der Waals surface area contributed by atoms with Gasteiger partial charge in [0.05, 0.1) is 17.6 Å². The van der Waals surface area contributed by atoms with Crippen LogP contribution in [0, 0.1) is 20.8 Å². The summed E-state index contributed by atoms with van der Waals surface area (Å²) < 4.78 is 18.1. The summed E-state index contributed by atoms with van der Waals surface area (Å²) in [6.45, 7) is 7.36. The minimum absolute atomic E-state index is 0.0466. The van der Waals surface area contributed by atoms with Gasteiger partial charge in [0, 0.05) is 37.2 Å². The number of methoxy groups -OCH3 is 1. The van der Waals surface area contributed by atoms with Crippen LogP contribution in [0.5, 0.6) is 0 Å². The maximum Gasteiger partial charge on any atom is 0.277 e. The first kappa shape index (κ1) is 19.4. The van der Waals surface area contributed by atoms with Crippen molar-refractivity contribution in [2.24, 2.45) is 0 Å². The molecule has 0 fully saturated rings. The van der Waals surface area contributed by atoms with Crippen LogP contribution in [0.15, 0.2) is 32.5 Å². The number of hydrogen-bond acceptors (Lipinski definition) is 7. The van der Waals surface area contributed by atoms with Gasteiger partial charge in [0.2, 0.25) is 0 Å². The number of Topliss-reactive ketones (excluding diaryl/α,β-unsaturated/α-hetero) is 1. The first-order valence-corrected chi connectivity index (χ1v) is 9.69. The Morgan fingerprint density at radius 1 is 1.30 bits per heavy atom. The van der Waals surface area contributed by atoms with Crippen molar-refractivity contribution in [3.05, 3.63) is 41.1 Å². The molecular formula is C19H23N3O4S. The Hall–Kier alpha value is -2.32. The van der Waals surface area contributed by atoms with Crippen molar-refractivity contribution in [1.29, 1.82) is 0 Å². The second kappa shape index (κ2) is 8.58. The average molecular weight is 389 g/mol. The van der Waals surface area contributed by atoms with Gasteiger partial charge in [-0.05, 0) is 39.3 Å². The highest BCUT2D eigenvalue weighted by Gasteiger charge is 2.18. The van der Waals surface area contributed by atoms with Crippen LogP contribution in [0.2, 0.25) is 0 Å². The maximum atomic E-state index is 12.7. The lowest BCUT2D eigenvalue weighted by Gasteiger charge is -2.09. The molecule has 0 spiro atoms. The summed E-state index contributed by atoms with van der Waals surface area (Å²) in [4.78, 5) is 12.7. The van der Waals surface area contributed by atoms with E-state index in [1.54, 1.807) is 19.4 Å². The molecule has 0 bridgehead atoms. The van der Waals surface area contributed by atoms with Crippen molar-refractivity contribution >= 4 is 17.5 Å². The lowest BCUT2D eigenvalue weighted by Crippen LogP contribution is -2.08. The number of nitrogens with zero attached hydrogens (tertiary/aromatic N) is 3. The minimum Gasteiger partial charge on any atom is -0.469 e. The largest absolute Gasteiger partial charge is 0.469 e. The second-order valence-electron chi connectivity index (χ2n) is 6.26. The molecule has 0 aliphatic rings. The highest BCUT2D eigenvalue weighted by Crippen LogP contribution is 2.27. The molecule has 3 aromatic rings. The number of ether oxygens (including phenoxy) is 1. The van der Waals surface area contributed by atoms with Crippen LogP contribution >= 0.6 is 11.8 Å². The fourth-order valence-corrected chi connectivity index (χ4v) is 3.63. The van der Waals surface area contributed by atoms with Crippen LogP contribution in [-0.4, -0.2) is 40.0 Å². The molecule has 0 aliphatic heterocycles. The van der Waals surface area contributed by atoms with Gasteiger partial charge in [0.25, 0.3) is 11.1 Å². The Morgan fingerprint density at radius 3 is 2.81 bits per heavy atom. The molecule has 7 nitrogen and oxygen atoms in total. The van der Waals surface area contributed by atoms with Gasteiger partial charge < -0.3 is 18.1 Å². The molecule has 27 heavy (non-hydrogen) atoms. The number of aryl methyl sites for hydroxylation is 2. The van der Waals surface area contributed by atoms with E-state index in [0.29, 0.717) is 23.5 Å². The van der Waals surface area contributed by atoms with E-state index >= 15 is 0 Å². The smallest absolute Gasteiger partial charge is 0.277 e. The zero-order valence-corrected chi connectivity index (χ0v) is 16.8. The summed E-state index contributed by atoms with van der Waals surface area (Å²) >= 11 is 1.24. The molecule has 0 radical (unpaired) electrons. The highest BCUT2D eigenvalue weighted by molar-refractivity contribution is 7.99. The highest BCUT2D eigenvalue weighted by atomic mass is 32.2. The van der Waals surface area contributed by atoms with E-state index in [4.69, 9.17) is 13.6 Å². The summed E-state index contributed by atoms with van der Waals surface area (Å²) in [5, 5.41) is 8.40. The van der Waals surface area contributed by atoms with Gasteiger partial charge in [-0.1, -0.05) is 11.8 Å². The molecular weight excluding hydrogens is 366 g/mol. The molecule has 0 unspecified atom stereocenters. The number of ketones is 1. The summed E-state index contributed by atoms with van der Waals surface area (Å²) in [6, 6.07) is 3.72. The molecule has 0 amide bonds. The molecule has 0 saturated carbocycles. The molecule has 144 valence electrons. The van der Waals surface area contributed by atoms with E-state index < -0.39 is 0 Å². The van der Waals surface area contributed by atoms with Crippen LogP contribution < -0.4 is 0 Å². The average Bonchev–Trinajstić information content (AvgIpc) is 3.34. The first-order valence-electron chi connectivity index (χ1n) is 8.71. The number of aromatic nitrogens is 3. The van der Waals surface area contributed by atoms with Crippen LogP contribution in [-0.2, 0) is 11.3 Å². The summed E-state index contributed by atoms with van der Waals surface area (Å²) in [5.41, 5.74) is 3.56. The van der Waals surface area contributed by atoms with E-state index in [-0.39, 0.29) is 11.5 Å². The van der Waals surface area contributed by atoms with Crippen molar-refractivity contribution in [1.82, 2.24) is 14.8 Å². The van der Waals surface area contributed by atoms with E-state index in [0.717, 1.165) is 35.5 Å². The molecule has 0 N–H and O–H groups in total. The minimum atomic E-state index is 0.0466. The fourth-order valence-electron chi connectivity index (χ4n) is 2.98. The van der Waals surface area contributed by atoms with E-state index in [1.165, 1.54) is 11.8 Å². The van der Waals surface area contributed by atoms with Gasteiger partial charge in [-0.25, -0.2) is 0 Å². The van der Waals surface area contributed by atoms with E-state index in [9.17, 15) is 4.79 Å². The Balaban J connectivity index is 1.64. The number of carbonyl (C=O) groups is 1. The predicted molar refractivity (Wildman–Crippen MR) is 102 cm³/mol. The van der Waals surface area contributed by atoms with Crippen molar-refractivity contribution in [2.45, 2.75) is 39.0 Å². The second-order valence-corrected chi connectivity index (χ2v) is 7.18. The van der Waals surface area contributed by atoms with Crippen molar-refractivity contribution in [3.8, 4) is 11.5 Å². The quantitative estimate of drug-likeness (QED) is 0.310. The number of furan rings is 1. The molecule has 3 rings (SSSR count). The molecule has 3 aromatic heterocycles. The Labute approximate surface area is 162 Å². The Morgan fingerprint density at radius 2 is 2.11 bits per heavy atom. The van der Waals surface area contributed by atoms with Gasteiger partial charge in [-0.3, -0.25) is 4.79 Å². The van der Waals surface area contributed by atoms with Crippen molar-refractivity contribution < 1.29 is 18.4 Å². The predicted octanol–water partition coefficient (Wildman–Crippen LogP) is 4.07. The van der Waals surface area contributed by atoms with Crippen LogP contribution in [0.1, 0.15) is 33.9 Å². The van der Waals surface area contributed by atoms with Crippen molar-refractivity contribution in [3.63, 3.8) is 0 Å². The monoisotopic (exact) mass is 389 g/mol. The number of thioether (sulfide) groups is 1. The standard InChI is InChI=1S/C19H23N3O4S/c1-12-10-16(13(2)22(12)7-5-8-24-4)17(23)11-27-19-21-20-18(26-19)15-6-9-25-14(15)3/h6,9-10H,5,7-8,11H2,1-4H3. The maximum absolute atomic E-state index is 12.7. The summed E-state index contributed by atoms with van der Waals surface area (Å²) in [5.74, 6) is 1.40. The Bertz CT molecular complexity index is 925. The number of hydrogen-bond donors (Lipinski definition) is 0. The van der Waals surface area contributed by atoms with Gasteiger partial charge in [0.1, 0.15) is 5.76 Å². The van der Waals surface area contributed by atoms with Gasteiger partial charge in [-0.15, -0.1) is 10.2 Å². The summed E-state index contributed by atoms with van der Waals surface area (Å²) in [6.07, 6.45) is 2.49. The third-order valence-corrected chi connectivity index (χ3v) is 5.25. The third-order valence-electron chi connectivity index (χ3n) is 4.43. The zero-order valence-electron chi connectivity index (χ0n) is 15.9. The topological polar surface area (TPSA) is 83.3 Å². The molecule has 0 saturated heterocycles. The normalized spacial score (nSPS) is 11.3.